The van der Waals surface area contributed by atoms with E-state index in [0.717, 1.165) is 6.07 Å². The first-order valence-electron chi connectivity index (χ1n) is 5.25. The van der Waals surface area contributed by atoms with Crippen molar-refractivity contribution in [2.75, 3.05) is 18.5 Å². The van der Waals surface area contributed by atoms with Crippen LogP contribution < -0.4 is 10.1 Å². The maximum absolute atomic E-state index is 13.3. The SMILES string of the molecule is CCOc1ccc(NCC(O)C(F)(F)F)cc1F. The van der Waals surface area contributed by atoms with Gasteiger partial charge in [-0.2, -0.15) is 13.2 Å². The molecule has 18 heavy (non-hydrogen) atoms. The third-order valence-corrected chi connectivity index (χ3v) is 2.11. The van der Waals surface area contributed by atoms with Gasteiger partial charge in [0, 0.05) is 18.3 Å². The Balaban J connectivity index is 2.61. The Morgan fingerprint density at radius 2 is 2.06 bits per heavy atom. The number of anilines is 1. The van der Waals surface area contributed by atoms with Crippen molar-refractivity contribution in [3.63, 3.8) is 0 Å². The average Bonchev–Trinajstić information content (AvgIpc) is 2.28. The number of aliphatic hydroxyl groups excluding tert-OH is 1. The Labute approximate surface area is 101 Å². The summed E-state index contributed by atoms with van der Waals surface area (Å²) in [4.78, 5) is 0. The lowest BCUT2D eigenvalue weighted by Crippen LogP contribution is -2.35. The van der Waals surface area contributed by atoms with E-state index in [2.05, 4.69) is 5.32 Å². The molecule has 1 aromatic rings. The van der Waals surface area contributed by atoms with Crippen LogP contribution in [-0.2, 0) is 0 Å². The molecule has 0 aromatic heterocycles. The van der Waals surface area contributed by atoms with Crippen LogP contribution in [-0.4, -0.2) is 30.5 Å². The quantitative estimate of drug-likeness (QED) is 0.806. The van der Waals surface area contributed by atoms with Crippen LogP contribution in [0, 0.1) is 5.82 Å². The van der Waals surface area contributed by atoms with Crippen LogP contribution in [0.5, 0.6) is 5.75 Å². The highest BCUT2D eigenvalue weighted by Gasteiger charge is 2.37. The van der Waals surface area contributed by atoms with E-state index in [-0.39, 0.29) is 18.0 Å². The summed E-state index contributed by atoms with van der Waals surface area (Å²) in [6, 6.07) is 3.69. The minimum atomic E-state index is -4.70. The number of nitrogens with one attached hydrogen (secondary N) is 1. The first kappa shape index (κ1) is 14.6. The molecule has 1 unspecified atom stereocenters. The summed E-state index contributed by atoms with van der Waals surface area (Å²) in [6.07, 6.45) is -7.19. The zero-order valence-electron chi connectivity index (χ0n) is 9.59. The molecule has 2 N–H and O–H groups in total. The molecule has 1 aromatic carbocycles. The maximum atomic E-state index is 13.3. The molecule has 0 aliphatic rings. The van der Waals surface area contributed by atoms with Crippen LogP contribution in [0.2, 0.25) is 0 Å². The van der Waals surface area contributed by atoms with Gasteiger partial charge in [-0.25, -0.2) is 4.39 Å². The van der Waals surface area contributed by atoms with Crippen LogP contribution in [0.1, 0.15) is 6.92 Å². The van der Waals surface area contributed by atoms with Gasteiger partial charge in [-0.05, 0) is 19.1 Å². The molecule has 1 rings (SSSR count). The number of hydrogen-bond acceptors (Lipinski definition) is 3. The molecular weight excluding hydrogens is 254 g/mol. The van der Waals surface area contributed by atoms with Crippen LogP contribution >= 0.6 is 0 Å². The minimum Gasteiger partial charge on any atom is -0.491 e. The first-order chi connectivity index (χ1) is 8.34. The molecule has 0 aliphatic heterocycles. The van der Waals surface area contributed by atoms with E-state index in [4.69, 9.17) is 9.84 Å². The molecule has 0 radical (unpaired) electrons. The molecule has 0 amide bonds. The largest absolute Gasteiger partial charge is 0.491 e. The van der Waals surface area contributed by atoms with Crippen molar-refractivity contribution in [1.29, 1.82) is 0 Å². The second-order valence-corrected chi connectivity index (χ2v) is 3.52. The molecule has 0 heterocycles. The lowest BCUT2D eigenvalue weighted by molar-refractivity contribution is -0.198. The summed E-state index contributed by atoms with van der Waals surface area (Å²) in [6.45, 7) is 1.23. The smallest absolute Gasteiger partial charge is 0.416 e. The van der Waals surface area contributed by atoms with Gasteiger partial charge in [-0.15, -0.1) is 0 Å². The second-order valence-electron chi connectivity index (χ2n) is 3.52. The van der Waals surface area contributed by atoms with Gasteiger partial charge < -0.3 is 15.2 Å². The van der Waals surface area contributed by atoms with E-state index in [0.29, 0.717) is 0 Å². The molecule has 102 valence electrons. The summed E-state index contributed by atoms with van der Waals surface area (Å²) < 4.78 is 54.3. The van der Waals surface area contributed by atoms with Crippen molar-refractivity contribution in [2.45, 2.75) is 19.2 Å². The van der Waals surface area contributed by atoms with Crippen molar-refractivity contribution in [2.24, 2.45) is 0 Å². The number of benzene rings is 1. The highest BCUT2D eigenvalue weighted by atomic mass is 19.4. The normalized spacial score (nSPS) is 13.2. The summed E-state index contributed by atoms with van der Waals surface area (Å²) in [7, 11) is 0. The van der Waals surface area contributed by atoms with Crippen LogP contribution in [0.25, 0.3) is 0 Å². The summed E-state index contributed by atoms with van der Waals surface area (Å²) in [5.41, 5.74) is 0.138. The number of alkyl halides is 3. The van der Waals surface area contributed by atoms with E-state index in [1.54, 1.807) is 6.92 Å². The van der Waals surface area contributed by atoms with E-state index >= 15 is 0 Å². The third kappa shape index (κ3) is 4.06. The van der Waals surface area contributed by atoms with Crippen LogP contribution in [0.15, 0.2) is 18.2 Å². The average molecular weight is 267 g/mol. The lowest BCUT2D eigenvalue weighted by atomic mass is 10.2. The van der Waals surface area contributed by atoms with Gasteiger partial charge in [0.15, 0.2) is 17.7 Å². The molecule has 0 aliphatic carbocycles. The monoisotopic (exact) mass is 267 g/mol. The van der Waals surface area contributed by atoms with Gasteiger partial charge in [0.05, 0.1) is 6.61 Å². The van der Waals surface area contributed by atoms with Gasteiger partial charge >= 0.3 is 6.18 Å². The molecule has 0 fully saturated rings. The molecule has 0 spiro atoms. The Bertz CT molecular complexity index is 395. The maximum Gasteiger partial charge on any atom is 0.416 e. The van der Waals surface area contributed by atoms with Crippen molar-refractivity contribution >= 4 is 5.69 Å². The zero-order valence-corrected chi connectivity index (χ0v) is 9.59. The van der Waals surface area contributed by atoms with Gasteiger partial charge in [0.1, 0.15) is 0 Å². The number of hydrogen-bond donors (Lipinski definition) is 2. The topological polar surface area (TPSA) is 41.5 Å². The molecule has 3 nitrogen and oxygen atoms in total. The van der Waals surface area contributed by atoms with Gasteiger partial charge in [0.25, 0.3) is 0 Å². The standard InChI is InChI=1S/C11H13F4NO2/c1-2-18-9-4-3-7(5-8(9)12)16-6-10(17)11(13,14)15/h3-5,10,16-17H,2,6H2,1H3. The number of aliphatic hydroxyl groups is 1. The summed E-state index contributed by atoms with van der Waals surface area (Å²) >= 11 is 0. The van der Waals surface area contributed by atoms with E-state index < -0.39 is 24.6 Å². The molecule has 7 heteroatoms. The third-order valence-electron chi connectivity index (χ3n) is 2.11. The predicted molar refractivity (Wildman–Crippen MR) is 58.1 cm³/mol. The predicted octanol–water partition coefficient (Wildman–Crippen LogP) is 2.56. The van der Waals surface area contributed by atoms with E-state index in [1.807, 2.05) is 0 Å². The summed E-state index contributed by atoms with van der Waals surface area (Å²) in [5, 5.41) is 11.0. The first-order valence-corrected chi connectivity index (χ1v) is 5.25. The fraction of sp³-hybridized carbons (Fsp3) is 0.455. The molecule has 0 bridgehead atoms. The molecule has 0 saturated heterocycles. The van der Waals surface area contributed by atoms with Gasteiger partial charge in [-0.3, -0.25) is 0 Å². The Morgan fingerprint density at radius 1 is 1.39 bits per heavy atom. The zero-order chi connectivity index (χ0) is 13.8. The van der Waals surface area contributed by atoms with E-state index in [9.17, 15) is 17.6 Å². The second kappa shape index (κ2) is 5.90. The van der Waals surface area contributed by atoms with Crippen LogP contribution in [0.3, 0.4) is 0 Å². The molecule has 1 atom stereocenters. The Hall–Kier alpha value is -1.50. The fourth-order valence-corrected chi connectivity index (χ4v) is 1.21. The molecular formula is C11H13F4NO2. The number of rotatable bonds is 5. The Kier molecular flexibility index (Phi) is 4.77. The van der Waals surface area contributed by atoms with Gasteiger partial charge in [-0.1, -0.05) is 0 Å². The minimum absolute atomic E-state index is 0.0272. The summed E-state index contributed by atoms with van der Waals surface area (Å²) in [5.74, 6) is -0.650. The number of halogens is 4. The Morgan fingerprint density at radius 3 is 2.56 bits per heavy atom. The number of ether oxygens (including phenoxy) is 1. The molecule has 0 saturated carbocycles. The van der Waals surface area contributed by atoms with Gasteiger partial charge in [0.2, 0.25) is 0 Å². The van der Waals surface area contributed by atoms with Crippen molar-refractivity contribution in [1.82, 2.24) is 0 Å². The van der Waals surface area contributed by atoms with Crippen LogP contribution in [0.4, 0.5) is 23.2 Å². The highest BCUT2D eigenvalue weighted by Crippen LogP contribution is 2.23. The fourth-order valence-electron chi connectivity index (χ4n) is 1.21. The van der Waals surface area contributed by atoms with Crippen molar-refractivity contribution < 1.29 is 27.4 Å². The highest BCUT2D eigenvalue weighted by molar-refractivity contribution is 5.47. The van der Waals surface area contributed by atoms with E-state index in [1.165, 1.54) is 12.1 Å². The van der Waals surface area contributed by atoms with Crippen molar-refractivity contribution in [3.8, 4) is 5.75 Å². The van der Waals surface area contributed by atoms with Crippen molar-refractivity contribution in [3.05, 3.63) is 24.0 Å². The lowest BCUT2D eigenvalue weighted by Gasteiger charge is -2.16.